The molecule has 112 valence electrons. The summed E-state index contributed by atoms with van der Waals surface area (Å²) in [7, 11) is 0. The largest absolute Gasteiger partial charge is 0.350 e. The lowest BCUT2D eigenvalue weighted by atomic mass is 10.1. The summed E-state index contributed by atoms with van der Waals surface area (Å²) in [4.78, 5) is 12.3. The summed E-state index contributed by atoms with van der Waals surface area (Å²) in [6.45, 7) is 4.70. The molecule has 0 saturated heterocycles. The van der Waals surface area contributed by atoms with Gasteiger partial charge >= 0.3 is 0 Å². The maximum atomic E-state index is 12.3. The van der Waals surface area contributed by atoms with Crippen LogP contribution >= 0.6 is 27.5 Å². The Balaban J connectivity index is 1.94. The van der Waals surface area contributed by atoms with Crippen LogP contribution in [0.25, 0.3) is 0 Å². The molecule has 0 bridgehead atoms. The number of carbonyl (C=O) groups is 1. The van der Waals surface area contributed by atoms with Gasteiger partial charge in [0.25, 0.3) is 5.91 Å². The van der Waals surface area contributed by atoms with Gasteiger partial charge in [0, 0.05) is 28.3 Å². The summed E-state index contributed by atoms with van der Waals surface area (Å²) in [6.07, 6.45) is 2.71. The predicted octanol–water partition coefficient (Wildman–Crippen LogP) is 4.46. The molecular formula is C16H18BrClN2O. The molecule has 0 fully saturated rings. The van der Waals surface area contributed by atoms with E-state index in [1.54, 1.807) is 0 Å². The maximum Gasteiger partial charge on any atom is 0.267 e. The lowest BCUT2D eigenvalue weighted by molar-refractivity contribution is 0.0943. The standard InChI is InChI=1S/C16H18BrClN2O/c1-11(2)20-10-13(17)9-15(20)16(21)19-8-7-12-3-5-14(18)6-4-12/h3-6,9-11H,7-8H2,1-2H3,(H,19,21). The van der Waals surface area contributed by atoms with Crippen molar-refractivity contribution in [3.05, 3.63) is 57.3 Å². The molecular weight excluding hydrogens is 352 g/mol. The predicted molar refractivity (Wildman–Crippen MR) is 90.0 cm³/mol. The van der Waals surface area contributed by atoms with Crippen LogP contribution in [-0.4, -0.2) is 17.0 Å². The molecule has 0 saturated carbocycles. The van der Waals surface area contributed by atoms with Gasteiger partial charge in [-0.2, -0.15) is 0 Å². The summed E-state index contributed by atoms with van der Waals surface area (Å²) in [5.41, 5.74) is 1.83. The number of nitrogens with zero attached hydrogens (tertiary/aromatic N) is 1. The molecule has 1 heterocycles. The normalized spacial score (nSPS) is 10.9. The number of rotatable bonds is 5. The molecule has 0 aliphatic rings. The highest BCUT2D eigenvalue weighted by Crippen LogP contribution is 2.19. The van der Waals surface area contributed by atoms with Gasteiger partial charge in [-0.3, -0.25) is 4.79 Å². The van der Waals surface area contributed by atoms with Gasteiger partial charge in [0.1, 0.15) is 5.69 Å². The fraction of sp³-hybridized carbons (Fsp3) is 0.312. The van der Waals surface area contributed by atoms with Crippen LogP contribution in [0.5, 0.6) is 0 Å². The molecule has 1 N–H and O–H groups in total. The molecule has 0 atom stereocenters. The van der Waals surface area contributed by atoms with E-state index < -0.39 is 0 Å². The smallest absolute Gasteiger partial charge is 0.267 e. The van der Waals surface area contributed by atoms with Crippen LogP contribution in [0.15, 0.2) is 41.0 Å². The van der Waals surface area contributed by atoms with Crippen LogP contribution < -0.4 is 5.32 Å². The molecule has 0 unspecified atom stereocenters. The fourth-order valence-corrected chi connectivity index (χ4v) is 2.68. The maximum absolute atomic E-state index is 12.3. The molecule has 2 aromatic rings. The minimum Gasteiger partial charge on any atom is -0.350 e. The number of hydrogen-bond donors (Lipinski definition) is 1. The van der Waals surface area contributed by atoms with Crippen molar-refractivity contribution in [1.82, 2.24) is 9.88 Å². The van der Waals surface area contributed by atoms with Gasteiger partial charge < -0.3 is 9.88 Å². The van der Waals surface area contributed by atoms with Crippen LogP contribution in [-0.2, 0) is 6.42 Å². The van der Waals surface area contributed by atoms with Crippen molar-refractivity contribution in [2.75, 3.05) is 6.54 Å². The highest BCUT2D eigenvalue weighted by Gasteiger charge is 2.14. The van der Waals surface area contributed by atoms with Crippen LogP contribution in [0.1, 0.15) is 35.9 Å². The first-order chi connectivity index (χ1) is 9.97. The highest BCUT2D eigenvalue weighted by molar-refractivity contribution is 9.10. The Bertz CT molecular complexity index is 620. The van der Waals surface area contributed by atoms with Crippen molar-refractivity contribution in [2.45, 2.75) is 26.3 Å². The van der Waals surface area contributed by atoms with Crippen molar-refractivity contribution in [3.63, 3.8) is 0 Å². The summed E-state index contributed by atoms with van der Waals surface area (Å²) in [5.74, 6) is -0.0524. The lowest BCUT2D eigenvalue weighted by Crippen LogP contribution is -2.28. The Labute approximate surface area is 138 Å². The number of nitrogens with one attached hydrogen (secondary N) is 1. The van der Waals surface area contributed by atoms with Crippen LogP contribution in [0.4, 0.5) is 0 Å². The van der Waals surface area contributed by atoms with Crippen LogP contribution in [0.2, 0.25) is 5.02 Å². The topological polar surface area (TPSA) is 34.0 Å². The van der Waals surface area contributed by atoms with Gasteiger partial charge in [0.15, 0.2) is 0 Å². The van der Waals surface area contributed by atoms with Crippen molar-refractivity contribution in [2.24, 2.45) is 0 Å². The van der Waals surface area contributed by atoms with Crippen molar-refractivity contribution in [3.8, 4) is 0 Å². The van der Waals surface area contributed by atoms with Crippen molar-refractivity contribution >= 4 is 33.4 Å². The number of benzene rings is 1. The van der Waals surface area contributed by atoms with Gasteiger partial charge in [-0.25, -0.2) is 0 Å². The van der Waals surface area contributed by atoms with E-state index in [-0.39, 0.29) is 11.9 Å². The average Bonchev–Trinajstić information content (AvgIpc) is 2.83. The van der Waals surface area contributed by atoms with Crippen LogP contribution in [0.3, 0.4) is 0 Å². The van der Waals surface area contributed by atoms with E-state index in [1.807, 2.05) is 41.1 Å². The van der Waals surface area contributed by atoms with E-state index in [1.165, 1.54) is 0 Å². The third-order valence-electron chi connectivity index (χ3n) is 3.22. The molecule has 2 rings (SSSR count). The number of hydrogen-bond acceptors (Lipinski definition) is 1. The zero-order valence-corrected chi connectivity index (χ0v) is 14.4. The van der Waals surface area contributed by atoms with E-state index >= 15 is 0 Å². The van der Waals surface area contributed by atoms with E-state index in [2.05, 4.69) is 35.1 Å². The molecule has 1 amide bonds. The summed E-state index contributed by atoms with van der Waals surface area (Å²) in [6, 6.07) is 9.76. The zero-order chi connectivity index (χ0) is 15.4. The number of halogens is 2. The van der Waals surface area contributed by atoms with Gasteiger partial charge in [-0.1, -0.05) is 23.7 Å². The first kappa shape index (κ1) is 16.1. The Kier molecular flexibility index (Phi) is 5.48. The molecule has 0 radical (unpaired) electrons. The van der Waals surface area contributed by atoms with E-state index in [0.29, 0.717) is 12.2 Å². The Morgan fingerprint density at radius 3 is 2.62 bits per heavy atom. The Hall–Kier alpha value is -1.26. The molecule has 0 aliphatic carbocycles. The summed E-state index contributed by atoms with van der Waals surface area (Å²) in [5, 5.41) is 3.68. The molecule has 3 nitrogen and oxygen atoms in total. The Morgan fingerprint density at radius 1 is 1.33 bits per heavy atom. The first-order valence-corrected chi connectivity index (χ1v) is 8.04. The molecule has 0 aliphatic heterocycles. The van der Waals surface area contributed by atoms with Crippen LogP contribution in [0, 0.1) is 0 Å². The fourth-order valence-electron chi connectivity index (χ4n) is 2.12. The molecule has 1 aromatic carbocycles. The van der Waals surface area contributed by atoms with Crippen molar-refractivity contribution < 1.29 is 4.79 Å². The number of amides is 1. The molecule has 5 heteroatoms. The minimum absolute atomic E-state index is 0.0524. The van der Waals surface area contributed by atoms with E-state index in [0.717, 1.165) is 21.5 Å². The van der Waals surface area contributed by atoms with E-state index in [9.17, 15) is 4.79 Å². The van der Waals surface area contributed by atoms with Gasteiger partial charge in [0.05, 0.1) is 0 Å². The second-order valence-electron chi connectivity index (χ2n) is 5.18. The summed E-state index contributed by atoms with van der Waals surface area (Å²) < 4.78 is 2.88. The number of carbonyl (C=O) groups excluding carboxylic acids is 1. The van der Waals surface area contributed by atoms with Crippen molar-refractivity contribution in [1.29, 1.82) is 0 Å². The second kappa shape index (κ2) is 7.14. The molecule has 21 heavy (non-hydrogen) atoms. The monoisotopic (exact) mass is 368 g/mol. The average molecular weight is 370 g/mol. The zero-order valence-electron chi connectivity index (χ0n) is 12.1. The van der Waals surface area contributed by atoms with E-state index in [4.69, 9.17) is 11.6 Å². The quantitative estimate of drug-likeness (QED) is 0.829. The second-order valence-corrected chi connectivity index (χ2v) is 6.53. The molecule has 1 aromatic heterocycles. The number of aromatic nitrogens is 1. The van der Waals surface area contributed by atoms with Gasteiger partial charge in [-0.15, -0.1) is 0 Å². The van der Waals surface area contributed by atoms with Gasteiger partial charge in [-0.05, 0) is 60.0 Å². The third-order valence-corrected chi connectivity index (χ3v) is 3.90. The SMILES string of the molecule is CC(C)n1cc(Br)cc1C(=O)NCCc1ccc(Cl)cc1. The van der Waals surface area contributed by atoms with Gasteiger partial charge in [0.2, 0.25) is 0 Å². The molecule has 0 spiro atoms. The third kappa shape index (κ3) is 4.35. The minimum atomic E-state index is -0.0524. The Morgan fingerprint density at radius 2 is 2.00 bits per heavy atom. The first-order valence-electron chi connectivity index (χ1n) is 6.87. The summed E-state index contributed by atoms with van der Waals surface area (Å²) >= 11 is 9.27. The lowest BCUT2D eigenvalue weighted by Gasteiger charge is -2.12. The highest BCUT2D eigenvalue weighted by atomic mass is 79.9.